The van der Waals surface area contributed by atoms with E-state index in [1.165, 1.54) is 7.11 Å². The second-order valence-corrected chi connectivity index (χ2v) is 10.7. The van der Waals surface area contributed by atoms with Crippen molar-refractivity contribution in [3.8, 4) is 0 Å². The Kier molecular flexibility index (Phi) is 11.4. The number of ether oxygens (including phenoxy) is 4. The lowest BCUT2D eigenvalue weighted by Crippen LogP contribution is -2.42. The highest BCUT2D eigenvalue weighted by molar-refractivity contribution is 5.78. The van der Waals surface area contributed by atoms with Crippen LogP contribution >= 0.6 is 0 Å². The molecule has 0 N–H and O–H groups in total. The monoisotopic (exact) mass is 502 g/mol. The molecule has 0 amide bonds. The number of carbonyl (C=O) groups excluding carboxylic acids is 2. The third-order valence-corrected chi connectivity index (χ3v) is 8.10. The number of carbonyl (C=O) groups is 2. The van der Waals surface area contributed by atoms with Crippen LogP contribution in [0.25, 0.3) is 0 Å². The number of benzene rings is 1. The number of Topliss-reactive ketones (excluding diaryl/α,β-unsaturated/α-hetero) is 1. The number of ketones is 1. The molecule has 2 fully saturated rings. The van der Waals surface area contributed by atoms with E-state index in [4.69, 9.17) is 18.9 Å². The van der Waals surface area contributed by atoms with Crippen LogP contribution in [0.3, 0.4) is 0 Å². The van der Waals surface area contributed by atoms with Gasteiger partial charge in [0, 0.05) is 24.7 Å². The number of esters is 1. The van der Waals surface area contributed by atoms with E-state index in [2.05, 4.69) is 26.0 Å². The highest BCUT2D eigenvalue weighted by atomic mass is 16.5. The van der Waals surface area contributed by atoms with Crippen LogP contribution in [-0.2, 0) is 35.1 Å². The molecule has 2 aliphatic rings. The van der Waals surface area contributed by atoms with Crippen LogP contribution in [0.15, 0.2) is 30.3 Å². The topological polar surface area (TPSA) is 71.1 Å². The first-order chi connectivity index (χ1) is 17.4. The van der Waals surface area contributed by atoms with Crippen molar-refractivity contribution in [3.63, 3.8) is 0 Å². The molecule has 2 aliphatic heterocycles. The average Bonchev–Trinajstić information content (AvgIpc) is 3.56. The summed E-state index contributed by atoms with van der Waals surface area (Å²) in [4.78, 5) is 24.3. The molecule has 2 heterocycles. The van der Waals surface area contributed by atoms with E-state index < -0.39 is 0 Å². The minimum absolute atomic E-state index is 0.0141. The molecule has 2 saturated heterocycles. The van der Waals surface area contributed by atoms with E-state index in [-0.39, 0.29) is 54.2 Å². The van der Waals surface area contributed by atoms with Gasteiger partial charge in [-0.2, -0.15) is 0 Å². The standard InChI is InChI=1S/C30H46O6/c1-6-11-23(31)18-24-14-15-28(35-24)25(7-2)29(34-19-22-12-9-8-10-13-22)20(3)26-16-17-27(36-26)21(4)30(32)33-5/h8-10,12-13,20-21,24-29H,6-7,11,14-19H2,1-5H3/t20-,21-,24+,25-,26+,27-,28-,29+/m1/s1. The minimum atomic E-state index is -0.280. The number of hydrogen-bond donors (Lipinski definition) is 0. The van der Waals surface area contributed by atoms with Crippen molar-refractivity contribution in [1.82, 2.24) is 0 Å². The van der Waals surface area contributed by atoms with Crippen LogP contribution in [0, 0.1) is 17.8 Å². The molecular formula is C30H46O6. The van der Waals surface area contributed by atoms with Crippen LogP contribution in [0.4, 0.5) is 0 Å². The molecular weight excluding hydrogens is 456 g/mol. The Bertz CT molecular complexity index is 811. The van der Waals surface area contributed by atoms with Crippen molar-refractivity contribution in [2.45, 2.75) is 116 Å². The molecule has 0 radical (unpaired) electrons. The zero-order valence-electron chi connectivity index (χ0n) is 22.8. The molecule has 0 saturated carbocycles. The van der Waals surface area contributed by atoms with Gasteiger partial charge in [-0.15, -0.1) is 0 Å². The summed E-state index contributed by atoms with van der Waals surface area (Å²) in [6, 6.07) is 10.3. The van der Waals surface area contributed by atoms with Gasteiger partial charge in [0.05, 0.1) is 50.2 Å². The third kappa shape index (κ3) is 7.62. The number of methoxy groups -OCH3 is 1. The Balaban J connectivity index is 1.71. The quantitative estimate of drug-likeness (QED) is 0.295. The molecule has 6 heteroatoms. The van der Waals surface area contributed by atoms with Crippen molar-refractivity contribution in [1.29, 1.82) is 0 Å². The molecule has 0 bridgehead atoms. The van der Waals surface area contributed by atoms with Gasteiger partial charge in [-0.05, 0) is 51.0 Å². The molecule has 0 aromatic heterocycles. The van der Waals surface area contributed by atoms with Crippen LogP contribution in [-0.4, -0.2) is 49.4 Å². The summed E-state index contributed by atoms with van der Waals surface area (Å²) in [7, 11) is 1.43. The van der Waals surface area contributed by atoms with Gasteiger partial charge in [-0.3, -0.25) is 9.59 Å². The first-order valence-electron chi connectivity index (χ1n) is 13.9. The maximum atomic E-state index is 12.2. The van der Waals surface area contributed by atoms with Crippen molar-refractivity contribution in [3.05, 3.63) is 35.9 Å². The molecule has 6 nitrogen and oxygen atoms in total. The third-order valence-electron chi connectivity index (χ3n) is 8.10. The second-order valence-electron chi connectivity index (χ2n) is 10.7. The van der Waals surface area contributed by atoms with Crippen molar-refractivity contribution in [2.75, 3.05) is 7.11 Å². The zero-order valence-corrected chi connectivity index (χ0v) is 22.8. The lowest BCUT2D eigenvalue weighted by atomic mass is 9.81. The van der Waals surface area contributed by atoms with Gasteiger partial charge >= 0.3 is 5.97 Å². The summed E-state index contributed by atoms with van der Waals surface area (Å²) < 4.78 is 24.5. The predicted octanol–water partition coefficient (Wildman–Crippen LogP) is 5.90. The van der Waals surface area contributed by atoms with Gasteiger partial charge in [0.15, 0.2) is 0 Å². The molecule has 3 rings (SSSR count). The van der Waals surface area contributed by atoms with E-state index >= 15 is 0 Å². The molecule has 0 unspecified atom stereocenters. The lowest BCUT2D eigenvalue weighted by Gasteiger charge is -2.37. The van der Waals surface area contributed by atoms with Crippen molar-refractivity contribution in [2.24, 2.45) is 17.8 Å². The van der Waals surface area contributed by atoms with E-state index in [0.717, 1.165) is 44.1 Å². The highest BCUT2D eigenvalue weighted by Gasteiger charge is 2.43. The molecule has 8 atom stereocenters. The van der Waals surface area contributed by atoms with Gasteiger partial charge in [0.25, 0.3) is 0 Å². The maximum Gasteiger partial charge on any atom is 0.311 e. The first-order valence-corrected chi connectivity index (χ1v) is 13.9. The predicted molar refractivity (Wildman–Crippen MR) is 139 cm³/mol. The Morgan fingerprint density at radius 2 is 1.67 bits per heavy atom. The maximum absolute atomic E-state index is 12.2. The van der Waals surface area contributed by atoms with E-state index in [1.54, 1.807) is 0 Å². The van der Waals surface area contributed by atoms with Gasteiger partial charge < -0.3 is 18.9 Å². The van der Waals surface area contributed by atoms with Crippen LogP contribution in [0.2, 0.25) is 0 Å². The number of rotatable bonds is 14. The lowest BCUT2D eigenvalue weighted by molar-refractivity contribution is -0.152. The van der Waals surface area contributed by atoms with Crippen molar-refractivity contribution < 1.29 is 28.5 Å². The first kappa shape index (κ1) is 28.8. The molecule has 1 aromatic rings. The smallest absolute Gasteiger partial charge is 0.311 e. The molecule has 0 spiro atoms. The minimum Gasteiger partial charge on any atom is -0.469 e. The molecule has 202 valence electrons. The summed E-state index contributed by atoms with van der Waals surface area (Å²) in [5.74, 6) is 0.136. The Morgan fingerprint density at radius 1 is 0.972 bits per heavy atom. The van der Waals surface area contributed by atoms with Crippen LogP contribution < -0.4 is 0 Å². The Hall–Kier alpha value is -1.76. The van der Waals surface area contributed by atoms with Crippen LogP contribution in [0.5, 0.6) is 0 Å². The largest absolute Gasteiger partial charge is 0.469 e. The van der Waals surface area contributed by atoms with Crippen molar-refractivity contribution >= 4 is 11.8 Å². The van der Waals surface area contributed by atoms with Gasteiger partial charge in [-0.1, -0.05) is 51.1 Å². The summed E-state index contributed by atoms with van der Waals surface area (Å²) >= 11 is 0. The molecule has 36 heavy (non-hydrogen) atoms. The molecule has 1 aromatic carbocycles. The van der Waals surface area contributed by atoms with Gasteiger partial charge in [0.1, 0.15) is 5.78 Å². The van der Waals surface area contributed by atoms with E-state index in [9.17, 15) is 9.59 Å². The second kappa shape index (κ2) is 14.3. The van der Waals surface area contributed by atoms with Crippen LogP contribution in [0.1, 0.15) is 84.6 Å². The summed E-state index contributed by atoms with van der Waals surface area (Å²) in [6.45, 7) is 8.87. The van der Waals surface area contributed by atoms with E-state index in [0.29, 0.717) is 25.2 Å². The molecule has 0 aliphatic carbocycles. The highest BCUT2D eigenvalue weighted by Crippen LogP contribution is 2.39. The fraction of sp³-hybridized carbons (Fsp3) is 0.733. The Labute approximate surface area is 217 Å². The fourth-order valence-electron chi connectivity index (χ4n) is 5.97. The Morgan fingerprint density at radius 3 is 2.33 bits per heavy atom. The zero-order chi connectivity index (χ0) is 26.1. The van der Waals surface area contributed by atoms with Gasteiger partial charge in [0.2, 0.25) is 0 Å². The van der Waals surface area contributed by atoms with Gasteiger partial charge in [-0.25, -0.2) is 0 Å². The number of hydrogen-bond acceptors (Lipinski definition) is 6. The SMILES string of the molecule is CCCC(=O)C[C@@H]1CC[C@H]([C@@H](CC)[C@@H](OCc2ccccc2)[C@H](C)[C@@H]2CC[C@H]([C@@H](C)C(=O)OC)O2)O1. The average molecular weight is 503 g/mol. The van der Waals surface area contributed by atoms with E-state index in [1.807, 2.05) is 32.0 Å². The summed E-state index contributed by atoms with van der Waals surface area (Å²) in [5.41, 5.74) is 1.14. The summed E-state index contributed by atoms with van der Waals surface area (Å²) in [5, 5.41) is 0. The fourth-order valence-corrected chi connectivity index (χ4v) is 5.97. The normalized spacial score (nSPS) is 27.4. The summed E-state index contributed by atoms with van der Waals surface area (Å²) in [6.07, 6.45) is 6.50.